The summed E-state index contributed by atoms with van der Waals surface area (Å²) < 4.78 is 0. The highest BCUT2D eigenvalue weighted by Crippen LogP contribution is 2.28. The number of benzene rings is 1. The third kappa shape index (κ3) is 3.71. The van der Waals surface area contributed by atoms with Gasteiger partial charge < -0.3 is 10.4 Å². The lowest BCUT2D eigenvalue weighted by atomic mass is 9.86. The molecule has 0 saturated heterocycles. The van der Waals surface area contributed by atoms with E-state index >= 15 is 0 Å². The Balaban J connectivity index is 0.00000162. The van der Waals surface area contributed by atoms with Crippen LogP contribution in [-0.4, -0.2) is 17.7 Å². The van der Waals surface area contributed by atoms with Crippen LogP contribution < -0.4 is 5.32 Å². The zero-order chi connectivity index (χ0) is 12.3. The van der Waals surface area contributed by atoms with E-state index in [4.69, 9.17) is 0 Å². The summed E-state index contributed by atoms with van der Waals surface area (Å²) in [6.07, 6.45) is 4.48. The van der Waals surface area contributed by atoms with E-state index in [1.165, 1.54) is 30.4 Å². The predicted molar refractivity (Wildman–Crippen MR) is 78.4 cm³/mol. The maximum atomic E-state index is 10.3. The molecule has 0 fully saturated rings. The van der Waals surface area contributed by atoms with Gasteiger partial charge in [0.15, 0.2) is 0 Å². The van der Waals surface area contributed by atoms with Gasteiger partial charge in [0.1, 0.15) is 0 Å². The van der Waals surface area contributed by atoms with Gasteiger partial charge in [-0.1, -0.05) is 32.0 Å². The molecule has 102 valence electrons. The lowest BCUT2D eigenvalue weighted by Gasteiger charge is -2.23. The van der Waals surface area contributed by atoms with E-state index < -0.39 is 0 Å². The van der Waals surface area contributed by atoms with Crippen LogP contribution in [0, 0.1) is 0 Å². The van der Waals surface area contributed by atoms with Crippen molar-refractivity contribution >= 4 is 12.4 Å². The van der Waals surface area contributed by atoms with Crippen LogP contribution in [0.3, 0.4) is 0 Å². The topological polar surface area (TPSA) is 32.3 Å². The first kappa shape index (κ1) is 15.5. The Morgan fingerprint density at radius 3 is 2.67 bits per heavy atom. The highest BCUT2D eigenvalue weighted by Gasteiger charge is 2.17. The van der Waals surface area contributed by atoms with Gasteiger partial charge in [-0.25, -0.2) is 0 Å². The summed E-state index contributed by atoms with van der Waals surface area (Å²) in [5, 5.41) is 13.6. The first-order valence-corrected chi connectivity index (χ1v) is 6.70. The number of aliphatic hydroxyl groups is 1. The molecule has 2 nitrogen and oxygen atoms in total. The predicted octanol–water partition coefficient (Wildman–Crippen LogP) is 3.02. The molecule has 1 unspecified atom stereocenters. The average molecular weight is 270 g/mol. The number of hydrogen-bond acceptors (Lipinski definition) is 2. The fraction of sp³-hybridized carbons (Fsp3) is 0.600. The van der Waals surface area contributed by atoms with Gasteiger partial charge in [0.2, 0.25) is 0 Å². The van der Waals surface area contributed by atoms with Gasteiger partial charge in [-0.15, -0.1) is 12.4 Å². The van der Waals surface area contributed by atoms with Crippen LogP contribution in [0.2, 0.25) is 0 Å². The Bertz CT molecular complexity index is 379. The van der Waals surface area contributed by atoms with Gasteiger partial charge in [0, 0.05) is 12.6 Å². The molecule has 18 heavy (non-hydrogen) atoms. The fourth-order valence-corrected chi connectivity index (χ4v) is 2.58. The summed E-state index contributed by atoms with van der Waals surface area (Å²) in [6, 6.07) is 6.79. The molecule has 0 heterocycles. The van der Waals surface area contributed by atoms with E-state index in [-0.39, 0.29) is 18.5 Å². The summed E-state index contributed by atoms with van der Waals surface area (Å²) in [7, 11) is 0. The third-order valence-corrected chi connectivity index (χ3v) is 3.51. The Morgan fingerprint density at radius 1 is 1.22 bits per heavy atom. The van der Waals surface area contributed by atoms with Crippen LogP contribution in [0.4, 0.5) is 0 Å². The second kappa shape index (κ2) is 7.13. The smallest absolute Gasteiger partial charge is 0.0917 e. The summed E-state index contributed by atoms with van der Waals surface area (Å²) in [5.74, 6) is 0. The fourth-order valence-electron chi connectivity index (χ4n) is 2.58. The minimum Gasteiger partial charge on any atom is -0.387 e. The molecule has 0 radical (unpaired) electrons. The van der Waals surface area contributed by atoms with Crippen LogP contribution in [-0.2, 0) is 12.8 Å². The molecule has 1 aliphatic rings. The quantitative estimate of drug-likeness (QED) is 0.881. The summed E-state index contributed by atoms with van der Waals surface area (Å²) >= 11 is 0. The molecule has 1 atom stereocenters. The van der Waals surface area contributed by atoms with Gasteiger partial charge in [-0.2, -0.15) is 0 Å². The highest BCUT2D eigenvalue weighted by molar-refractivity contribution is 5.85. The number of hydrogen-bond donors (Lipinski definition) is 2. The van der Waals surface area contributed by atoms with Crippen molar-refractivity contribution in [1.82, 2.24) is 5.32 Å². The van der Waals surface area contributed by atoms with Crippen LogP contribution in [0.5, 0.6) is 0 Å². The highest BCUT2D eigenvalue weighted by atomic mass is 35.5. The Labute approximate surface area is 116 Å². The summed E-state index contributed by atoms with van der Waals surface area (Å²) in [4.78, 5) is 0. The largest absolute Gasteiger partial charge is 0.387 e. The molecule has 0 aliphatic heterocycles. The zero-order valence-corrected chi connectivity index (χ0v) is 12.1. The molecule has 1 aliphatic carbocycles. The standard InChI is InChI=1S/C15H23NO.ClH/c1-11(2)16-10-15(17)14-9-5-7-12-6-3-4-8-13(12)14;/h5,7,9,11,15-17H,3-4,6,8,10H2,1-2H3;1H. The normalized spacial score (nSPS) is 16.0. The van der Waals surface area contributed by atoms with Crippen molar-refractivity contribution in [3.8, 4) is 0 Å². The van der Waals surface area contributed by atoms with Gasteiger partial charge >= 0.3 is 0 Å². The molecular formula is C15H24ClNO. The average Bonchev–Trinajstić information content (AvgIpc) is 2.35. The van der Waals surface area contributed by atoms with E-state index in [0.29, 0.717) is 12.6 Å². The number of aliphatic hydroxyl groups excluding tert-OH is 1. The first-order chi connectivity index (χ1) is 8.18. The van der Waals surface area contributed by atoms with Crippen LogP contribution in [0.15, 0.2) is 18.2 Å². The SMILES string of the molecule is CC(C)NCC(O)c1cccc2c1CCCC2.Cl. The van der Waals surface area contributed by atoms with Crippen molar-refractivity contribution in [2.45, 2.75) is 51.7 Å². The molecule has 2 rings (SSSR count). The Kier molecular flexibility index (Phi) is 6.13. The maximum Gasteiger partial charge on any atom is 0.0917 e. The second-order valence-corrected chi connectivity index (χ2v) is 5.27. The van der Waals surface area contributed by atoms with Crippen molar-refractivity contribution in [3.63, 3.8) is 0 Å². The Morgan fingerprint density at radius 2 is 1.94 bits per heavy atom. The maximum absolute atomic E-state index is 10.3. The van der Waals surface area contributed by atoms with Gasteiger partial charge in [0.25, 0.3) is 0 Å². The van der Waals surface area contributed by atoms with E-state index in [1.54, 1.807) is 0 Å². The van der Waals surface area contributed by atoms with Gasteiger partial charge in [-0.3, -0.25) is 0 Å². The van der Waals surface area contributed by atoms with Crippen molar-refractivity contribution in [2.24, 2.45) is 0 Å². The van der Waals surface area contributed by atoms with Crippen molar-refractivity contribution < 1.29 is 5.11 Å². The van der Waals surface area contributed by atoms with E-state index in [0.717, 1.165) is 12.0 Å². The van der Waals surface area contributed by atoms with Crippen molar-refractivity contribution in [1.29, 1.82) is 0 Å². The lowest BCUT2D eigenvalue weighted by Crippen LogP contribution is -2.28. The molecule has 3 heteroatoms. The molecule has 0 bridgehead atoms. The number of aryl methyl sites for hydroxylation is 1. The molecule has 0 saturated carbocycles. The minimum absolute atomic E-state index is 0. The summed E-state index contributed by atoms with van der Waals surface area (Å²) in [5.41, 5.74) is 3.98. The monoisotopic (exact) mass is 269 g/mol. The van der Waals surface area contributed by atoms with Crippen LogP contribution in [0.25, 0.3) is 0 Å². The van der Waals surface area contributed by atoms with Crippen molar-refractivity contribution in [3.05, 3.63) is 34.9 Å². The minimum atomic E-state index is -0.370. The molecule has 0 aromatic heterocycles. The van der Waals surface area contributed by atoms with Crippen LogP contribution in [0.1, 0.15) is 49.5 Å². The van der Waals surface area contributed by atoms with E-state index in [9.17, 15) is 5.11 Å². The van der Waals surface area contributed by atoms with E-state index in [2.05, 4.69) is 37.4 Å². The summed E-state index contributed by atoms with van der Waals surface area (Å²) in [6.45, 7) is 4.86. The van der Waals surface area contributed by atoms with Crippen molar-refractivity contribution in [2.75, 3.05) is 6.54 Å². The lowest BCUT2D eigenvalue weighted by molar-refractivity contribution is 0.170. The molecular weight excluding hydrogens is 246 g/mol. The Hall–Kier alpha value is -0.570. The molecule has 0 amide bonds. The number of rotatable bonds is 4. The molecule has 2 N–H and O–H groups in total. The number of nitrogens with one attached hydrogen (secondary N) is 1. The molecule has 1 aromatic rings. The molecule has 1 aromatic carbocycles. The van der Waals surface area contributed by atoms with E-state index in [1.807, 2.05) is 0 Å². The number of halogens is 1. The van der Waals surface area contributed by atoms with Gasteiger partial charge in [0.05, 0.1) is 6.10 Å². The van der Waals surface area contributed by atoms with Crippen LogP contribution >= 0.6 is 12.4 Å². The third-order valence-electron chi connectivity index (χ3n) is 3.51. The number of fused-ring (bicyclic) bond motifs is 1. The van der Waals surface area contributed by atoms with Gasteiger partial charge in [-0.05, 0) is 42.4 Å². The molecule has 0 spiro atoms. The zero-order valence-electron chi connectivity index (χ0n) is 11.3. The first-order valence-electron chi connectivity index (χ1n) is 6.70. The second-order valence-electron chi connectivity index (χ2n) is 5.27.